The van der Waals surface area contributed by atoms with E-state index in [4.69, 9.17) is 9.84 Å². The fourth-order valence-corrected chi connectivity index (χ4v) is 5.99. The number of aromatic amines is 1. The lowest BCUT2D eigenvalue weighted by Crippen LogP contribution is -2.30. The highest BCUT2D eigenvalue weighted by molar-refractivity contribution is 7.89. The standard InChI is InChI=1S/C21H20N6O6S/c22-8-12-4-6-33-11-16(12)27-15-3-5-23-21(30)19(15)20(25-27)24-14-1-2-17-13(7-14)9-26(10-18(28)29)34(17,31)32/h1-3,5,7,12,16H,4,6,9-11H2,(H,23,30)(H,24,25)(H,28,29)/t12-,16+/m1/s1. The molecule has 12 nitrogen and oxygen atoms in total. The third kappa shape index (κ3) is 3.61. The Balaban J connectivity index is 1.53. The van der Waals surface area contributed by atoms with Gasteiger partial charge >= 0.3 is 5.97 Å². The Morgan fingerprint density at radius 2 is 2.21 bits per heavy atom. The number of nitriles is 1. The average Bonchev–Trinajstić information content (AvgIpc) is 3.28. The van der Waals surface area contributed by atoms with Crippen LogP contribution < -0.4 is 10.9 Å². The summed E-state index contributed by atoms with van der Waals surface area (Å²) in [6.07, 6.45) is 2.07. The molecular formula is C21H20N6O6S. The number of hydrogen-bond donors (Lipinski definition) is 3. The summed E-state index contributed by atoms with van der Waals surface area (Å²) in [6, 6.07) is 8.16. The van der Waals surface area contributed by atoms with Gasteiger partial charge in [0.15, 0.2) is 5.82 Å². The zero-order valence-electron chi connectivity index (χ0n) is 17.8. The van der Waals surface area contributed by atoms with E-state index < -0.39 is 22.5 Å². The van der Waals surface area contributed by atoms with Crippen LogP contribution in [0.25, 0.3) is 10.9 Å². The highest BCUT2D eigenvalue weighted by Gasteiger charge is 2.36. The molecule has 1 saturated heterocycles. The third-order valence-corrected chi connectivity index (χ3v) is 7.93. The second kappa shape index (κ2) is 8.24. The van der Waals surface area contributed by atoms with Crippen molar-refractivity contribution in [2.75, 3.05) is 25.1 Å². The van der Waals surface area contributed by atoms with Gasteiger partial charge < -0.3 is 20.1 Å². The summed E-state index contributed by atoms with van der Waals surface area (Å²) in [6.45, 7) is 0.0696. The van der Waals surface area contributed by atoms with E-state index >= 15 is 0 Å². The monoisotopic (exact) mass is 484 g/mol. The lowest BCUT2D eigenvalue weighted by molar-refractivity contribution is -0.137. The van der Waals surface area contributed by atoms with Gasteiger partial charge in [-0.2, -0.15) is 14.7 Å². The second-order valence-electron chi connectivity index (χ2n) is 8.14. The van der Waals surface area contributed by atoms with Gasteiger partial charge in [0.05, 0.1) is 35.0 Å². The fraction of sp³-hybridized carbons (Fsp3) is 0.333. The normalized spacial score (nSPS) is 21.7. The molecule has 0 radical (unpaired) electrons. The number of sulfonamides is 1. The first-order chi connectivity index (χ1) is 16.3. The first kappa shape index (κ1) is 22.1. The summed E-state index contributed by atoms with van der Waals surface area (Å²) < 4.78 is 33.3. The number of H-pyrrole nitrogens is 1. The molecule has 0 spiro atoms. The Hall–Kier alpha value is -3.73. The minimum absolute atomic E-state index is 0.0451. The molecule has 4 heterocycles. The van der Waals surface area contributed by atoms with Gasteiger partial charge in [-0.15, -0.1) is 0 Å². The highest BCUT2D eigenvalue weighted by Crippen LogP contribution is 2.35. The van der Waals surface area contributed by atoms with Crippen molar-refractivity contribution >= 4 is 38.4 Å². The number of carbonyl (C=O) groups is 1. The van der Waals surface area contributed by atoms with Gasteiger partial charge in [-0.05, 0) is 36.2 Å². The highest BCUT2D eigenvalue weighted by atomic mass is 32.2. The van der Waals surface area contributed by atoms with Crippen molar-refractivity contribution in [3.8, 4) is 6.07 Å². The molecule has 1 fully saturated rings. The molecule has 0 amide bonds. The molecule has 1 aromatic carbocycles. The summed E-state index contributed by atoms with van der Waals surface area (Å²) in [5.41, 5.74) is 1.10. The van der Waals surface area contributed by atoms with Crippen LogP contribution in [0, 0.1) is 17.2 Å². The molecule has 2 aromatic heterocycles. The van der Waals surface area contributed by atoms with Crippen molar-refractivity contribution < 1.29 is 23.1 Å². The van der Waals surface area contributed by atoms with E-state index in [-0.39, 0.29) is 41.4 Å². The number of nitrogens with zero attached hydrogens (tertiary/aromatic N) is 4. The number of aromatic nitrogens is 3. The largest absolute Gasteiger partial charge is 0.480 e. The van der Waals surface area contributed by atoms with Gasteiger partial charge in [-0.3, -0.25) is 14.3 Å². The van der Waals surface area contributed by atoms with E-state index in [9.17, 15) is 23.3 Å². The van der Waals surface area contributed by atoms with Crippen molar-refractivity contribution in [2.45, 2.75) is 23.9 Å². The van der Waals surface area contributed by atoms with Crippen LogP contribution in [0.1, 0.15) is 18.0 Å². The Morgan fingerprint density at radius 1 is 1.38 bits per heavy atom. The second-order valence-corrected chi connectivity index (χ2v) is 10.0. The number of carboxylic acid groups (broad SMARTS) is 1. The van der Waals surface area contributed by atoms with Gasteiger partial charge in [0.1, 0.15) is 11.9 Å². The predicted molar refractivity (Wildman–Crippen MR) is 119 cm³/mol. The van der Waals surface area contributed by atoms with Gasteiger partial charge in [0, 0.05) is 25.0 Å². The van der Waals surface area contributed by atoms with Crippen molar-refractivity contribution in [1.29, 1.82) is 5.26 Å². The number of pyridine rings is 1. The molecule has 0 saturated carbocycles. The topological polar surface area (TPSA) is 170 Å². The van der Waals surface area contributed by atoms with Crippen molar-refractivity contribution in [3.63, 3.8) is 0 Å². The molecule has 5 rings (SSSR count). The van der Waals surface area contributed by atoms with Crippen LogP contribution in [-0.2, 0) is 26.1 Å². The zero-order chi connectivity index (χ0) is 24.0. The number of nitrogens with one attached hydrogen (secondary N) is 2. The van der Waals surface area contributed by atoms with E-state index in [1.54, 1.807) is 16.8 Å². The molecular weight excluding hydrogens is 464 g/mol. The number of benzene rings is 1. The van der Waals surface area contributed by atoms with Gasteiger partial charge in [-0.1, -0.05) is 0 Å². The molecule has 2 aliphatic rings. The predicted octanol–water partition coefficient (Wildman–Crippen LogP) is 1.16. The summed E-state index contributed by atoms with van der Waals surface area (Å²) in [5, 5.41) is 26.6. The number of ether oxygens (including phenoxy) is 1. The molecule has 2 aliphatic heterocycles. The molecule has 3 N–H and O–H groups in total. The Kier molecular flexibility index (Phi) is 5.35. The van der Waals surface area contributed by atoms with Crippen LogP contribution >= 0.6 is 0 Å². The maximum absolute atomic E-state index is 12.7. The maximum atomic E-state index is 12.7. The molecule has 0 bridgehead atoms. The minimum atomic E-state index is -3.89. The summed E-state index contributed by atoms with van der Waals surface area (Å²) in [5.74, 6) is -1.31. The van der Waals surface area contributed by atoms with E-state index in [0.717, 1.165) is 4.31 Å². The quantitative estimate of drug-likeness (QED) is 0.481. The van der Waals surface area contributed by atoms with E-state index in [2.05, 4.69) is 21.5 Å². The molecule has 0 aliphatic carbocycles. The van der Waals surface area contributed by atoms with Crippen LogP contribution in [-0.4, -0.2) is 58.3 Å². The van der Waals surface area contributed by atoms with E-state index in [0.29, 0.717) is 35.2 Å². The number of hydrogen-bond acceptors (Lipinski definition) is 8. The zero-order valence-corrected chi connectivity index (χ0v) is 18.6. The Labute approximate surface area is 193 Å². The smallest absolute Gasteiger partial charge is 0.318 e. The Morgan fingerprint density at radius 3 is 2.97 bits per heavy atom. The fourth-order valence-electron chi connectivity index (χ4n) is 4.43. The summed E-state index contributed by atoms with van der Waals surface area (Å²) >= 11 is 0. The minimum Gasteiger partial charge on any atom is -0.480 e. The first-order valence-corrected chi connectivity index (χ1v) is 11.9. The van der Waals surface area contributed by atoms with Crippen LogP contribution in [0.15, 0.2) is 40.2 Å². The number of aliphatic carboxylic acids is 1. The molecule has 13 heteroatoms. The molecule has 0 unspecified atom stereocenters. The molecule has 34 heavy (non-hydrogen) atoms. The SMILES string of the molecule is N#C[C@H]1CCOC[C@@H]1n1nc(Nc2ccc3c(c2)CN(CC(=O)O)S3(=O)=O)c2c(=O)[nH]ccc21. The molecule has 2 atom stereocenters. The van der Waals surface area contributed by atoms with Crippen molar-refractivity contribution in [3.05, 3.63) is 46.4 Å². The summed E-state index contributed by atoms with van der Waals surface area (Å²) in [4.78, 5) is 26.4. The Bertz CT molecular complexity index is 1500. The lowest BCUT2D eigenvalue weighted by atomic mass is 9.96. The van der Waals surface area contributed by atoms with E-state index in [1.165, 1.54) is 18.3 Å². The molecule has 3 aromatic rings. The number of fused-ring (bicyclic) bond motifs is 2. The number of carboxylic acids is 1. The van der Waals surface area contributed by atoms with Crippen LogP contribution in [0.4, 0.5) is 11.5 Å². The average molecular weight is 484 g/mol. The number of anilines is 2. The summed E-state index contributed by atoms with van der Waals surface area (Å²) in [7, 11) is -3.89. The van der Waals surface area contributed by atoms with Crippen LogP contribution in [0.5, 0.6) is 0 Å². The lowest BCUT2D eigenvalue weighted by Gasteiger charge is -2.27. The van der Waals surface area contributed by atoms with Gasteiger partial charge in [0.25, 0.3) is 5.56 Å². The third-order valence-electron chi connectivity index (χ3n) is 6.04. The van der Waals surface area contributed by atoms with Gasteiger partial charge in [0.2, 0.25) is 10.0 Å². The van der Waals surface area contributed by atoms with Crippen molar-refractivity contribution in [2.24, 2.45) is 5.92 Å². The van der Waals surface area contributed by atoms with Crippen LogP contribution in [0.3, 0.4) is 0 Å². The first-order valence-electron chi connectivity index (χ1n) is 10.5. The maximum Gasteiger partial charge on any atom is 0.318 e. The van der Waals surface area contributed by atoms with Crippen LogP contribution in [0.2, 0.25) is 0 Å². The molecule has 176 valence electrons. The van der Waals surface area contributed by atoms with Gasteiger partial charge in [-0.25, -0.2) is 8.42 Å². The van der Waals surface area contributed by atoms with Crippen molar-refractivity contribution in [1.82, 2.24) is 19.1 Å². The van der Waals surface area contributed by atoms with E-state index in [1.807, 2.05) is 0 Å². The number of rotatable bonds is 5.